The minimum atomic E-state index is -0.375. The molecule has 0 fully saturated rings. The number of nitrogens with zero attached hydrogens (tertiary/aromatic N) is 3. The minimum absolute atomic E-state index is 0.245. The van der Waals surface area contributed by atoms with Crippen LogP contribution in [0.5, 0.6) is 0 Å². The van der Waals surface area contributed by atoms with E-state index in [2.05, 4.69) is 30.8 Å². The van der Waals surface area contributed by atoms with Crippen LogP contribution in [0.25, 0.3) is 21.9 Å². The Labute approximate surface area is 200 Å². The summed E-state index contributed by atoms with van der Waals surface area (Å²) >= 11 is 0. The first-order valence-electron chi connectivity index (χ1n) is 11.3. The number of amides is 2. The zero-order valence-electron chi connectivity index (χ0n) is 19.3. The van der Waals surface area contributed by atoms with Gasteiger partial charge in [-0.15, -0.1) is 0 Å². The maximum atomic E-state index is 15.0. The minimum Gasteiger partial charge on any atom is -0.338 e. The Bertz CT molecular complexity index is 1560. The van der Waals surface area contributed by atoms with Gasteiger partial charge in [0.15, 0.2) is 0 Å². The molecule has 0 saturated carbocycles. The lowest BCUT2D eigenvalue weighted by Gasteiger charge is -2.11. The standard InChI is InChI=1S/C26H23FN6O2/c1-3-28-26(35)31-24-13-23-22(30-24)12-18(14(2)29-23)19-10-15(8-9-20(19)27)11-21-16-6-4-5-7-17(16)25(34)33-32-21/h4-10,12H,3,11,13H2,1-2H3,(H,33,34)(H2,28,30,31,35). The molecule has 4 aromatic rings. The van der Waals surface area contributed by atoms with E-state index in [9.17, 15) is 14.0 Å². The number of H-pyrrole nitrogens is 1. The third-order valence-corrected chi connectivity index (χ3v) is 5.92. The van der Waals surface area contributed by atoms with Gasteiger partial charge in [0, 0.05) is 35.2 Å². The molecule has 0 aliphatic carbocycles. The van der Waals surface area contributed by atoms with E-state index in [1.54, 1.807) is 30.3 Å². The smallest absolute Gasteiger partial charge is 0.320 e. The van der Waals surface area contributed by atoms with Crippen molar-refractivity contribution in [3.05, 3.63) is 87.3 Å². The fraction of sp³-hybridized carbons (Fsp3) is 0.192. The number of hydrogen-bond acceptors (Lipinski definition) is 5. The number of aromatic amines is 1. The van der Waals surface area contributed by atoms with Gasteiger partial charge >= 0.3 is 6.03 Å². The monoisotopic (exact) mass is 470 g/mol. The van der Waals surface area contributed by atoms with Crippen LogP contribution >= 0.6 is 0 Å². The van der Waals surface area contributed by atoms with Crippen molar-refractivity contribution >= 4 is 28.3 Å². The number of benzene rings is 2. The Balaban J connectivity index is 1.49. The SMILES string of the molecule is CCNC(=O)NC1=Nc2cc(-c3cc(Cc4n[nH]c(=O)c5ccccc45)ccc3F)c(C)nc2C1. The molecule has 0 unspecified atom stereocenters. The van der Waals surface area contributed by atoms with E-state index in [1.807, 2.05) is 26.0 Å². The van der Waals surface area contributed by atoms with Crippen molar-refractivity contribution in [2.24, 2.45) is 4.99 Å². The van der Waals surface area contributed by atoms with E-state index in [-0.39, 0.29) is 17.4 Å². The molecule has 0 atom stereocenters. The summed E-state index contributed by atoms with van der Waals surface area (Å²) in [4.78, 5) is 33.1. The number of nitrogens with one attached hydrogen (secondary N) is 3. The molecule has 2 aromatic heterocycles. The summed E-state index contributed by atoms with van der Waals surface area (Å²) in [5, 5.41) is 13.5. The third kappa shape index (κ3) is 4.40. The van der Waals surface area contributed by atoms with E-state index < -0.39 is 0 Å². The first kappa shape index (κ1) is 22.4. The highest BCUT2D eigenvalue weighted by Crippen LogP contribution is 2.34. The largest absolute Gasteiger partial charge is 0.338 e. The van der Waals surface area contributed by atoms with Crippen molar-refractivity contribution in [1.29, 1.82) is 0 Å². The van der Waals surface area contributed by atoms with Crippen LogP contribution in [0.1, 0.15) is 29.6 Å². The molecule has 5 rings (SSSR count). The summed E-state index contributed by atoms with van der Waals surface area (Å²) in [7, 11) is 0. The number of urea groups is 1. The molecule has 35 heavy (non-hydrogen) atoms. The Kier molecular flexibility index (Phi) is 5.82. The quantitative estimate of drug-likeness (QED) is 0.420. The lowest BCUT2D eigenvalue weighted by molar-refractivity contribution is 0.245. The van der Waals surface area contributed by atoms with Gasteiger partial charge in [0.05, 0.1) is 28.9 Å². The second kappa shape index (κ2) is 9.09. The zero-order valence-corrected chi connectivity index (χ0v) is 19.3. The topological polar surface area (TPSA) is 112 Å². The maximum absolute atomic E-state index is 15.0. The lowest BCUT2D eigenvalue weighted by Crippen LogP contribution is -2.39. The van der Waals surface area contributed by atoms with Gasteiger partial charge in [-0.1, -0.05) is 24.3 Å². The number of aromatic nitrogens is 3. The highest BCUT2D eigenvalue weighted by molar-refractivity contribution is 6.02. The van der Waals surface area contributed by atoms with E-state index >= 15 is 0 Å². The summed E-state index contributed by atoms with van der Waals surface area (Å²) in [6.07, 6.45) is 0.821. The number of aryl methyl sites for hydroxylation is 1. The number of rotatable bonds is 4. The normalized spacial score (nSPS) is 12.4. The molecule has 2 aromatic carbocycles. The molecule has 0 saturated heterocycles. The number of amidine groups is 1. The van der Waals surface area contributed by atoms with Gasteiger partial charge in [0.2, 0.25) is 0 Å². The van der Waals surface area contributed by atoms with Gasteiger partial charge < -0.3 is 5.32 Å². The molecule has 176 valence electrons. The van der Waals surface area contributed by atoms with Crippen molar-refractivity contribution in [1.82, 2.24) is 25.8 Å². The molecule has 3 heterocycles. The fourth-order valence-electron chi connectivity index (χ4n) is 4.28. The van der Waals surface area contributed by atoms with Crippen LogP contribution in [0.15, 0.2) is 58.3 Å². The molecule has 9 heteroatoms. The summed E-state index contributed by atoms with van der Waals surface area (Å²) in [5.74, 6) is 0.126. The molecule has 1 aliphatic heterocycles. The van der Waals surface area contributed by atoms with Crippen LogP contribution in [0, 0.1) is 12.7 Å². The molecular formula is C26H23FN6O2. The van der Waals surface area contributed by atoms with Gasteiger partial charge in [-0.05, 0) is 43.7 Å². The van der Waals surface area contributed by atoms with E-state index in [1.165, 1.54) is 6.07 Å². The van der Waals surface area contributed by atoms with Crippen LogP contribution in [0.4, 0.5) is 14.9 Å². The number of aliphatic imine (C=N–C) groups is 1. The first-order valence-corrected chi connectivity index (χ1v) is 11.3. The number of hydrogen-bond donors (Lipinski definition) is 3. The second-order valence-corrected chi connectivity index (χ2v) is 8.34. The number of pyridine rings is 1. The van der Waals surface area contributed by atoms with Gasteiger partial charge in [0.25, 0.3) is 5.56 Å². The Morgan fingerprint density at radius 1 is 1.11 bits per heavy atom. The van der Waals surface area contributed by atoms with Crippen molar-refractivity contribution < 1.29 is 9.18 Å². The summed E-state index contributed by atoms with van der Waals surface area (Å²) in [5.41, 5.74) is 4.34. The third-order valence-electron chi connectivity index (χ3n) is 5.92. The van der Waals surface area contributed by atoms with Gasteiger partial charge in [-0.2, -0.15) is 5.10 Å². The number of carbonyl (C=O) groups excluding carboxylic acids is 1. The molecule has 1 aliphatic rings. The first-order chi connectivity index (χ1) is 16.9. The molecule has 0 spiro atoms. The fourth-order valence-corrected chi connectivity index (χ4v) is 4.28. The van der Waals surface area contributed by atoms with Gasteiger partial charge in [0.1, 0.15) is 11.7 Å². The van der Waals surface area contributed by atoms with Gasteiger partial charge in [-0.3, -0.25) is 15.1 Å². The molecular weight excluding hydrogens is 447 g/mol. The van der Waals surface area contributed by atoms with E-state index in [4.69, 9.17) is 0 Å². The Hall–Kier alpha value is -4.40. The van der Waals surface area contributed by atoms with Crippen molar-refractivity contribution in [2.45, 2.75) is 26.7 Å². The molecule has 2 amide bonds. The van der Waals surface area contributed by atoms with Crippen LogP contribution in [0.2, 0.25) is 0 Å². The van der Waals surface area contributed by atoms with E-state index in [0.717, 1.165) is 16.6 Å². The molecule has 0 bridgehead atoms. The number of fused-ring (bicyclic) bond motifs is 2. The van der Waals surface area contributed by atoms with Crippen LogP contribution in [-0.2, 0) is 12.8 Å². The van der Waals surface area contributed by atoms with Crippen LogP contribution < -0.4 is 16.2 Å². The number of carbonyl (C=O) groups is 1. The Morgan fingerprint density at radius 2 is 1.91 bits per heavy atom. The summed E-state index contributed by atoms with van der Waals surface area (Å²) in [6.45, 7) is 4.17. The summed E-state index contributed by atoms with van der Waals surface area (Å²) < 4.78 is 15.0. The zero-order chi connectivity index (χ0) is 24.5. The maximum Gasteiger partial charge on any atom is 0.320 e. The van der Waals surface area contributed by atoms with Crippen molar-refractivity contribution in [3.63, 3.8) is 0 Å². The van der Waals surface area contributed by atoms with Crippen LogP contribution in [-0.4, -0.2) is 33.6 Å². The number of halogens is 1. The predicted molar refractivity (Wildman–Crippen MR) is 133 cm³/mol. The molecule has 8 nitrogen and oxygen atoms in total. The van der Waals surface area contributed by atoms with E-state index in [0.29, 0.717) is 58.8 Å². The van der Waals surface area contributed by atoms with Crippen molar-refractivity contribution in [2.75, 3.05) is 6.54 Å². The molecule has 0 radical (unpaired) electrons. The molecule has 3 N–H and O–H groups in total. The van der Waals surface area contributed by atoms with Crippen LogP contribution in [0.3, 0.4) is 0 Å². The Morgan fingerprint density at radius 3 is 2.71 bits per heavy atom. The average molecular weight is 471 g/mol. The summed E-state index contributed by atoms with van der Waals surface area (Å²) in [6, 6.07) is 13.7. The van der Waals surface area contributed by atoms with Crippen molar-refractivity contribution in [3.8, 4) is 11.1 Å². The second-order valence-electron chi connectivity index (χ2n) is 8.34. The highest BCUT2D eigenvalue weighted by Gasteiger charge is 2.21. The van der Waals surface area contributed by atoms with Gasteiger partial charge in [-0.25, -0.2) is 19.3 Å². The lowest BCUT2D eigenvalue weighted by atomic mass is 9.97. The predicted octanol–water partition coefficient (Wildman–Crippen LogP) is 3.93. The average Bonchev–Trinajstić information content (AvgIpc) is 3.22. The highest BCUT2D eigenvalue weighted by atomic mass is 19.1.